The number of hydrogen-bond donors (Lipinski definition) is 1. The van der Waals surface area contributed by atoms with Crippen LogP contribution in [0.4, 0.5) is 0 Å². The second-order valence-electron chi connectivity index (χ2n) is 7.98. The van der Waals surface area contributed by atoms with Crippen LogP contribution in [0.5, 0.6) is 0 Å². The highest BCUT2D eigenvalue weighted by Crippen LogP contribution is 2.24. The van der Waals surface area contributed by atoms with Crippen molar-refractivity contribution >= 4 is 33.6 Å². The molecular formula is C23H23N3O3. The van der Waals surface area contributed by atoms with E-state index < -0.39 is 0 Å². The zero-order valence-electron chi connectivity index (χ0n) is 16.1. The Balaban J connectivity index is 1.52. The van der Waals surface area contributed by atoms with E-state index in [0.29, 0.717) is 23.7 Å². The van der Waals surface area contributed by atoms with Crippen LogP contribution < -0.4 is 10.7 Å². The Hall–Kier alpha value is -3.15. The summed E-state index contributed by atoms with van der Waals surface area (Å²) in [6.07, 6.45) is 3.60. The van der Waals surface area contributed by atoms with E-state index in [1.54, 1.807) is 17.0 Å². The van der Waals surface area contributed by atoms with Gasteiger partial charge in [-0.25, -0.2) is 0 Å². The van der Waals surface area contributed by atoms with Crippen molar-refractivity contribution in [2.75, 3.05) is 6.54 Å². The Labute approximate surface area is 168 Å². The topological polar surface area (TPSA) is 71.4 Å². The van der Waals surface area contributed by atoms with E-state index in [2.05, 4.69) is 5.32 Å². The lowest BCUT2D eigenvalue weighted by atomic mass is 10.1. The summed E-state index contributed by atoms with van der Waals surface area (Å²) in [7, 11) is 0. The van der Waals surface area contributed by atoms with Gasteiger partial charge in [0.05, 0.1) is 11.0 Å². The van der Waals surface area contributed by atoms with Crippen LogP contribution in [-0.4, -0.2) is 39.9 Å². The first-order valence-electron chi connectivity index (χ1n) is 10.2. The second-order valence-corrected chi connectivity index (χ2v) is 7.98. The Bertz CT molecular complexity index is 1120. The lowest BCUT2D eigenvalue weighted by molar-refractivity contribution is -0.138. The molecule has 0 bridgehead atoms. The number of carbonyl (C=O) groups excluding carboxylic acids is 2. The number of pyridine rings is 1. The largest absolute Gasteiger partial charge is 0.352 e. The first kappa shape index (κ1) is 17.9. The summed E-state index contributed by atoms with van der Waals surface area (Å²) in [5.74, 6) is -0.120. The van der Waals surface area contributed by atoms with Crippen molar-refractivity contribution in [3.63, 3.8) is 0 Å². The van der Waals surface area contributed by atoms with E-state index in [0.717, 1.165) is 30.3 Å². The first-order chi connectivity index (χ1) is 14.1. The fraction of sp³-hybridized carbons (Fsp3) is 0.348. The number of nitrogens with one attached hydrogen (secondary N) is 1. The molecule has 1 saturated carbocycles. The average molecular weight is 389 g/mol. The van der Waals surface area contributed by atoms with Gasteiger partial charge in [-0.1, -0.05) is 24.3 Å². The van der Waals surface area contributed by atoms with E-state index >= 15 is 0 Å². The van der Waals surface area contributed by atoms with E-state index in [4.69, 9.17) is 0 Å². The third-order valence-corrected chi connectivity index (χ3v) is 5.97. The number of likely N-dealkylation sites (tertiary alicyclic amines) is 1. The smallest absolute Gasteiger partial charge is 0.243 e. The lowest BCUT2D eigenvalue weighted by Crippen LogP contribution is -2.47. The van der Waals surface area contributed by atoms with Gasteiger partial charge in [-0.3, -0.25) is 14.4 Å². The van der Waals surface area contributed by atoms with Gasteiger partial charge in [-0.2, -0.15) is 0 Å². The molecule has 1 aromatic heterocycles. The minimum atomic E-state index is -0.389. The summed E-state index contributed by atoms with van der Waals surface area (Å²) in [5.41, 5.74) is 1.45. The standard InChI is InChI=1S/C23H23N3O3/c27-21(25-13-5-10-20(25)23(29)24-15-11-12-15)14-26-18-8-3-1-6-16(18)22(28)17-7-2-4-9-19(17)26/h1-4,6-9,15,20H,5,10-14H2,(H,24,29). The van der Waals surface area contributed by atoms with Gasteiger partial charge >= 0.3 is 0 Å². The summed E-state index contributed by atoms with van der Waals surface area (Å²) >= 11 is 0. The Morgan fingerprint density at radius 1 is 0.931 bits per heavy atom. The van der Waals surface area contributed by atoms with Crippen molar-refractivity contribution in [3.8, 4) is 0 Å². The zero-order chi connectivity index (χ0) is 20.0. The molecule has 29 heavy (non-hydrogen) atoms. The van der Waals surface area contributed by atoms with Crippen LogP contribution in [0.25, 0.3) is 21.8 Å². The van der Waals surface area contributed by atoms with E-state index in [1.165, 1.54) is 0 Å². The normalized spacial score (nSPS) is 19.0. The number of aromatic nitrogens is 1. The molecule has 1 saturated heterocycles. The maximum Gasteiger partial charge on any atom is 0.243 e. The summed E-state index contributed by atoms with van der Waals surface area (Å²) in [6, 6.07) is 14.7. The summed E-state index contributed by atoms with van der Waals surface area (Å²) in [4.78, 5) is 40.4. The molecule has 2 amide bonds. The maximum atomic E-state index is 13.3. The van der Waals surface area contributed by atoms with Gasteiger partial charge in [0.15, 0.2) is 5.43 Å². The van der Waals surface area contributed by atoms with Gasteiger partial charge in [0.25, 0.3) is 0 Å². The van der Waals surface area contributed by atoms with Gasteiger partial charge in [-0.05, 0) is 49.9 Å². The fourth-order valence-corrected chi connectivity index (χ4v) is 4.34. The molecule has 1 N–H and O–H groups in total. The predicted octanol–water partition coefficient (Wildman–Crippen LogP) is 2.42. The Morgan fingerprint density at radius 3 is 2.17 bits per heavy atom. The highest BCUT2D eigenvalue weighted by Gasteiger charge is 2.36. The van der Waals surface area contributed by atoms with Crippen molar-refractivity contribution in [1.82, 2.24) is 14.8 Å². The lowest BCUT2D eigenvalue weighted by Gasteiger charge is -2.25. The Morgan fingerprint density at radius 2 is 1.55 bits per heavy atom. The van der Waals surface area contributed by atoms with Crippen LogP contribution in [-0.2, 0) is 16.1 Å². The number of para-hydroxylation sites is 2. The molecule has 5 rings (SSSR count). The van der Waals surface area contributed by atoms with Gasteiger partial charge in [-0.15, -0.1) is 0 Å². The molecule has 2 aliphatic rings. The molecule has 1 unspecified atom stereocenters. The van der Waals surface area contributed by atoms with Crippen molar-refractivity contribution in [2.24, 2.45) is 0 Å². The SMILES string of the molecule is O=C(NC1CC1)C1CCCN1C(=O)Cn1c2ccccc2c(=O)c2ccccc21. The molecule has 1 aliphatic heterocycles. The monoisotopic (exact) mass is 389 g/mol. The zero-order valence-corrected chi connectivity index (χ0v) is 16.1. The summed E-state index contributed by atoms with van der Waals surface area (Å²) < 4.78 is 1.91. The molecule has 2 heterocycles. The molecule has 1 aliphatic carbocycles. The van der Waals surface area contributed by atoms with Gasteiger partial charge < -0.3 is 14.8 Å². The molecule has 1 atom stereocenters. The van der Waals surface area contributed by atoms with Crippen LogP contribution >= 0.6 is 0 Å². The highest BCUT2D eigenvalue weighted by molar-refractivity contribution is 5.95. The van der Waals surface area contributed by atoms with Crippen LogP contribution in [0.1, 0.15) is 25.7 Å². The molecule has 3 aromatic rings. The minimum absolute atomic E-state index is 0.0252. The predicted molar refractivity (Wildman–Crippen MR) is 112 cm³/mol. The molecule has 2 fully saturated rings. The number of benzene rings is 2. The summed E-state index contributed by atoms with van der Waals surface area (Å²) in [5, 5.41) is 4.23. The van der Waals surface area contributed by atoms with Gasteiger partial charge in [0, 0.05) is 23.4 Å². The van der Waals surface area contributed by atoms with Crippen LogP contribution in [0.3, 0.4) is 0 Å². The van der Waals surface area contributed by atoms with Crippen molar-refractivity contribution in [1.29, 1.82) is 0 Å². The first-order valence-corrected chi connectivity index (χ1v) is 10.2. The van der Waals surface area contributed by atoms with E-state index in [-0.39, 0.29) is 35.9 Å². The molecule has 2 aromatic carbocycles. The number of rotatable bonds is 4. The molecule has 6 heteroatoms. The highest BCUT2D eigenvalue weighted by atomic mass is 16.2. The van der Waals surface area contributed by atoms with Crippen LogP contribution in [0, 0.1) is 0 Å². The second kappa shape index (κ2) is 7.03. The van der Waals surface area contributed by atoms with Crippen molar-refractivity contribution in [2.45, 2.75) is 44.3 Å². The number of hydrogen-bond acceptors (Lipinski definition) is 3. The van der Waals surface area contributed by atoms with E-state index in [9.17, 15) is 14.4 Å². The number of fused-ring (bicyclic) bond motifs is 2. The van der Waals surface area contributed by atoms with Crippen LogP contribution in [0.15, 0.2) is 53.3 Å². The third-order valence-electron chi connectivity index (χ3n) is 5.97. The Kier molecular flexibility index (Phi) is 4.34. The van der Waals surface area contributed by atoms with Gasteiger partial charge in [0.1, 0.15) is 12.6 Å². The number of carbonyl (C=O) groups is 2. The molecule has 6 nitrogen and oxygen atoms in total. The molecule has 148 valence electrons. The molecular weight excluding hydrogens is 366 g/mol. The van der Waals surface area contributed by atoms with Crippen LogP contribution in [0.2, 0.25) is 0 Å². The maximum absolute atomic E-state index is 13.3. The minimum Gasteiger partial charge on any atom is -0.352 e. The fourth-order valence-electron chi connectivity index (χ4n) is 4.34. The average Bonchev–Trinajstić information content (AvgIpc) is 3.41. The quantitative estimate of drug-likeness (QED) is 0.697. The van der Waals surface area contributed by atoms with Crippen molar-refractivity contribution in [3.05, 3.63) is 58.8 Å². The summed E-state index contributed by atoms with van der Waals surface area (Å²) in [6.45, 7) is 0.701. The molecule has 0 radical (unpaired) electrons. The van der Waals surface area contributed by atoms with Gasteiger partial charge in [0.2, 0.25) is 11.8 Å². The molecule has 0 spiro atoms. The third kappa shape index (κ3) is 3.18. The number of nitrogens with zero attached hydrogens (tertiary/aromatic N) is 2. The van der Waals surface area contributed by atoms with E-state index in [1.807, 2.05) is 41.0 Å². The van der Waals surface area contributed by atoms with Crippen molar-refractivity contribution < 1.29 is 9.59 Å². The number of amides is 2.